The zero-order valence-electron chi connectivity index (χ0n) is 38.5. The maximum Gasteiger partial charge on any atom is 0.243 e. The number of benzene rings is 1. The summed E-state index contributed by atoms with van der Waals surface area (Å²) in [6.45, 7) is 18.9. The maximum atomic E-state index is 14.2. The molecule has 2 N–H and O–H groups in total. The van der Waals surface area contributed by atoms with E-state index in [1.807, 2.05) is 58.3 Å². The molecule has 8 rings (SSSR count). The molecule has 346 valence electrons. The molecule has 3 fully saturated rings. The van der Waals surface area contributed by atoms with E-state index in [1.54, 1.807) is 33.6 Å². The number of ether oxygens (including phenoxy) is 2. The molecule has 7 heterocycles. The summed E-state index contributed by atoms with van der Waals surface area (Å²) in [7, 11) is 0. The summed E-state index contributed by atoms with van der Waals surface area (Å²) >= 11 is 3.35. The fraction of sp³-hybridized carbons (Fsp3) is 0.510. The van der Waals surface area contributed by atoms with E-state index in [4.69, 9.17) is 14.0 Å². The Morgan fingerprint density at radius 3 is 2.54 bits per heavy atom. The number of anilines is 1. The lowest BCUT2D eigenvalue weighted by atomic mass is 9.91. The number of nitrogens with one attached hydrogen (secondary N) is 1. The highest BCUT2D eigenvalue weighted by molar-refractivity contribution is 7.19. The van der Waals surface area contributed by atoms with E-state index in [0.29, 0.717) is 61.5 Å². The Balaban J connectivity index is 0.873. The first-order chi connectivity index (χ1) is 31.5. The minimum absolute atomic E-state index is 0.0514. The van der Waals surface area contributed by atoms with Crippen molar-refractivity contribution in [1.82, 2.24) is 35.5 Å². The van der Waals surface area contributed by atoms with Crippen molar-refractivity contribution in [3.63, 3.8) is 0 Å². The highest BCUT2D eigenvalue weighted by atomic mass is 32.1. The number of nitrogens with zero attached hydrogens (tertiary/aromatic N) is 7. The number of carbonyl (C=O) groups excluding carboxylic acids is 2. The molecular formula is C49H62N8O6S2. The van der Waals surface area contributed by atoms with Gasteiger partial charge >= 0.3 is 0 Å². The van der Waals surface area contributed by atoms with Crippen LogP contribution in [0, 0.1) is 19.8 Å². The number of aromatic nitrogens is 4. The molecule has 3 aliphatic heterocycles. The molecule has 2 atom stereocenters. The van der Waals surface area contributed by atoms with Gasteiger partial charge in [0, 0.05) is 60.2 Å². The zero-order chi connectivity index (χ0) is 45.6. The molecule has 3 saturated heterocycles. The monoisotopic (exact) mass is 922 g/mol. The van der Waals surface area contributed by atoms with Crippen molar-refractivity contribution in [3.8, 4) is 16.2 Å². The van der Waals surface area contributed by atoms with Crippen LogP contribution in [-0.2, 0) is 20.9 Å². The number of aryl methyl sites for hydroxylation is 2. The van der Waals surface area contributed by atoms with Crippen molar-refractivity contribution in [1.29, 1.82) is 0 Å². The molecule has 5 aromatic rings. The lowest BCUT2D eigenvalue weighted by molar-refractivity contribution is -0.140. The summed E-state index contributed by atoms with van der Waals surface area (Å²) in [4.78, 5) is 42.4. The number of aliphatic hydroxyl groups excluding tert-OH is 1. The van der Waals surface area contributed by atoms with E-state index in [0.717, 1.165) is 96.1 Å². The second kappa shape index (κ2) is 21.0. The predicted octanol–water partition coefficient (Wildman–Crippen LogP) is 8.82. The van der Waals surface area contributed by atoms with Crippen LogP contribution in [0.1, 0.15) is 105 Å². The number of amides is 2. The number of rotatable bonds is 16. The molecule has 16 heteroatoms. The van der Waals surface area contributed by atoms with E-state index in [1.165, 1.54) is 10.4 Å². The van der Waals surface area contributed by atoms with Crippen molar-refractivity contribution < 1.29 is 28.7 Å². The molecule has 2 unspecified atom stereocenters. The van der Waals surface area contributed by atoms with Crippen LogP contribution in [0.25, 0.3) is 26.2 Å². The Morgan fingerprint density at radius 1 is 1.02 bits per heavy atom. The van der Waals surface area contributed by atoms with Gasteiger partial charge in [-0.3, -0.25) is 9.59 Å². The normalized spacial score (nSPS) is 18.5. The van der Waals surface area contributed by atoms with Crippen molar-refractivity contribution >= 4 is 56.1 Å². The zero-order valence-corrected chi connectivity index (χ0v) is 40.1. The maximum absolute atomic E-state index is 14.2. The molecule has 3 aliphatic rings. The predicted molar refractivity (Wildman–Crippen MR) is 257 cm³/mol. The first-order valence-electron chi connectivity index (χ1n) is 23.1. The fourth-order valence-corrected chi connectivity index (χ4v) is 11.6. The summed E-state index contributed by atoms with van der Waals surface area (Å²) in [5.41, 5.74) is 7.38. The van der Waals surface area contributed by atoms with Gasteiger partial charge < -0.3 is 39.1 Å². The largest absolute Gasteiger partial charge is 0.508 e. The number of allylic oxidation sites excluding steroid dienone is 3. The molecule has 2 amide bonds. The van der Waals surface area contributed by atoms with Crippen LogP contribution < -0.4 is 15.0 Å². The number of thiazole rings is 1. The molecule has 4 aromatic heterocycles. The fourth-order valence-electron chi connectivity index (χ4n) is 9.47. The van der Waals surface area contributed by atoms with Crippen LogP contribution in [-0.4, -0.2) is 112 Å². The standard InChI is InChI=1S/C49H62N8O6S2/c1-7-36(40(58)8-2)38-26-37-31(5)45(65-48(37)53-52-38)33-14-18-55(19-15-33)16-10-22-62-41-25-34(46-32(6)51-29-64-46)12-13-35(41)28-50-47(59)39-11-9-17-57(39)49(60)44(30(3)4)42-27-43(54-63-42)56-20-23-61-24-21-56/h7-8,12-13,25-27,29-30,33,39,44,58H,9-11,14-24,28H2,1-6H3,(H,50,59)/b36-7-,40-8+. The van der Waals surface area contributed by atoms with E-state index < -0.39 is 12.0 Å². The molecule has 1 aromatic carbocycles. The Labute approximate surface area is 389 Å². The first-order valence-corrected chi connectivity index (χ1v) is 24.8. The number of aliphatic hydroxyl groups is 1. The summed E-state index contributed by atoms with van der Waals surface area (Å²) in [5.74, 6) is 1.78. The van der Waals surface area contributed by atoms with E-state index in [-0.39, 0.29) is 30.0 Å². The Bertz CT molecular complexity index is 2510. The Hall–Kier alpha value is -5.16. The third-order valence-electron chi connectivity index (χ3n) is 13.1. The quantitative estimate of drug-likeness (QED) is 0.0551. The summed E-state index contributed by atoms with van der Waals surface area (Å²) < 4.78 is 17.8. The molecule has 14 nitrogen and oxygen atoms in total. The number of fused-ring (bicyclic) bond motifs is 1. The molecular weight excluding hydrogens is 861 g/mol. The van der Waals surface area contributed by atoms with E-state index >= 15 is 0 Å². The minimum Gasteiger partial charge on any atom is -0.508 e. The minimum atomic E-state index is -0.572. The number of thiophene rings is 1. The van der Waals surface area contributed by atoms with E-state index in [9.17, 15) is 14.7 Å². The van der Waals surface area contributed by atoms with Gasteiger partial charge in [-0.25, -0.2) is 4.98 Å². The third-order valence-corrected chi connectivity index (χ3v) is 15.5. The van der Waals surface area contributed by atoms with Crippen LogP contribution >= 0.6 is 22.7 Å². The van der Waals surface area contributed by atoms with Gasteiger partial charge in [0.1, 0.15) is 28.3 Å². The van der Waals surface area contributed by atoms with Gasteiger partial charge in [0.15, 0.2) is 11.6 Å². The molecule has 0 bridgehead atoms. The molecule has 0 spiro atoms. The molecule has 0 radical (unpaired) electrons. The van der Waals surface area contributed by atoms with Crippen molar-refractivity contribution in [3.05, 3.63) is 86.9 Å². The van der Waals surface area contributed by atoms with Gasteiger partial charge in [0.25, 0.3) is 0 Å². The number of hydrogen-bond donors (Lipinski definition) is 2. The molecule has 0 aliphatic carbocycles. The topological polar surface area (TPSA) is 159 Å². The Kier molecular flexibility index (Phi) is 15.0. The average molecular weight is 923 g/mol. The summed E-state index contributed by atoms with van der Waals surface area (Å²) in [5, 5.41) is 28.0. The second-order valence-electron chi connectivity index (χ2n) is 17.6. The van der Waals surface area contributed by atoms with Gasteiger partial charge in [-0.15, -0.1) is 32.9 Å². The summed E-state index contributed by atoms with van der Waals surface area (Å²) in [6.07, 6.45) is 7.92. The number of carbonyl (C=O) groups is 2. The van der Waals surface area contributed by atoms with Gasteiger partial charge in [-0.1, -0.05) is 37.2 Å². The summed E-state index contributed by atoms with van der Waals surface area (Å²) in [6, 6.07) is 9.53. The second-order valence-corrected chi connectivity index (χ2v) is 19.5. The third kappa shape index (κ3) is 10.3. The number of likely N-dealkylation sites (tertiary alicyclic amines) is 2. The number of morpholine rings is 1. The highest BCUT2D eigenvalue weighted by Crippen LogP contribution is 2.40. The SMILES string of the molecule is C/C=C(\C(O)=C/C)c1cc2c(C)c(C3CCN(CCCOc4cc(-c5scnc5C)ccc4CNC(=O)C4CCCN4C(=O)C(c4cc(N5CCOCC5)no4)C(C)C)CC3)sc2nn1. The van der Waals surface area contributed by atoms with Crippen LogP contribution in [0.5, 0.6) is 5.75 Å². The highest BCUT2D eigenvalue weighted by Gasteiger charge is 2.40. The number of piperidine rings is 1. The van der Waals surface area contributed by atoms with Crippen molar-refractivity contribution in [2.24, 2.45) is 5.92 Å². The Morgan fingerprint density at radius 2 is 1.82 bits per heavy atom. The first kappa shape index (κ1) is 46.4. The van der Waals surface area contributed by atoms with Crippen LogP contribution in [0.3, 0.4) is 0 Å². The van der Waals surface area contributed by atoms with Crippen LogP contribution in [0.4, 0.5) is 5.82 Å². The van der Waals surface area contributed by atoms with Gasteiger partial charge in [-0.05, 0) is 114 Å². The lowest BCUT2D eigenvalue weighted by Crippen LogP contribution is -2.47. The van der Waals surface area contributed by atoms with Gasteiger partial charge in [0.2, 0.25) is 11.8 Å². The lowest BCUT2D eigenvalue weighted by Gasteiger charge is -2.31. The van der Waals surface area contributed by atoms with E-state index in [2.05, 4.69) is 60.6 Å². The van der Waals surface area contributed by atoms with Crippen LogP contribution in [0.2, 0.25) is 0 Å². The van der Waals surface area contributed by atoms with Crippen molar-refractivity contribution in [2.75, 3.05) is 64.0 Å². The molecule has 65 heavy (non-hydrogen) atoms. The van der Waals surface area contributed by atoms with Crippen molar-refractivity contribution in [2.45, 2.75) is 98.1 Å². The van der Waals surface area contributed by atoms with Gasteiger partial charge in [0.05, 0.1) is 41.6 Å². The molecule has 0 saturated carbocycles. The van der Waals surface area contributed by atoms with Crippen LogP contribution in [0.15, 0.2) is 58.3 Å². The average Bonchev–Trinajstić information content (AvgIpc) is 4.16. The van der Waals surface area contributed by atoms with Gasteiger partial charge in [-0.2, -0.15) is 0 Å². The number of hydrogen-bond acceptors (Lipinski definition) is 14. The smallest absolute Gasteiger partial charge is 0.243 e.